The molecule has 0 aromatic heterocycles. The zero-order chi connectivity index (χ0) is 14.0. The van der Waals surface area contributed by atoms with Gasteiger partial charge in [0.05, 0.1) is 17.8 Å². The molecular formula is C15H17FN2O2. The van der Waals surface area contributed by atoms with Crippen LogP contribution in [-0.4, -0.2) is 31.5 Å². The molecular weight excluding hydrogens is 259 g/mol. The summed E-state index contributed by atoms with van der Waals surface area (Å²) in [7, 11) is 0. The summed E-state index contributed by atoms with van der Waals surface area (Å²) in [5.41, 5.74) is 0.693. The first kappa shape index (κ1) is 13.3. The largest absolute Gasteiger partial charge is 0.382 e. The van der Waals surface area contributed by atoms with Gasteiger partial charge in [-0.05, 0) is 31.0 Å². The Hall–Kier alpha value is -1.64. The zero-order valence-electron chi connectivity index (χ0n) is 11.2. The SMILES string of the molecule is N#Cc1cc(NC2CCOC3(CCOC3)C2)ccc1F. The molecule has 2 heterocycles. The standard InChI is InChI=1S/C15H17FN2O2/c16-14-2-1-12(7-11(14)9-17)18-13-3-5-20-15(8-13)4-6-19-10-15/h1-2,7,13,18H,3-6,8,10H2. The molecule has 0 bridgehead atoms. The van der Waals surface area contributed by atoms with E-state index < -0.39 is 5.82 Å². The average molecular weight is 276 g/mol. The Kier molecular flexibility index (Phi) is 3.60. The molecule has 0 saturated carbocycles. The lowest BCUT2D eigenvalue weighted by atomic mass is 9.89. The maximum absolute atomic E-state index is 13.3. The van der Waals surface area contributed by atoms with Crippen LogP contribution in [0.4, 0.5) is 10.1 Å². The molecule has 0 aliphatic carbocycles. The van der Waals surface area contributed by atoms with Crippen LogP contribution in [0.5, 0.6) is 0 Å². The van der Waals surface area contributed by atoms with Crippen LogP contribution >= 0.6 is 0 Å². The van der Waals surface area contributed by atoms with Gasteiger partial charge < -0.3 is 14.8 Å². The lowest BCUT2D eigenvalue weighted by Crippen LogP contribution is -2.44. The summed E-state index contributed by atoms with van der Waals surface area (Å²) in [5.74, 6) is -0.481. The summed E-state index contributed by atoms with van der Waals surface area (Å²) in [5, 5.41) is 12.2. The van der Waals surface area contributed by atoms with Gasteiger partial charge in [-0.2, -0.15) is 5.26 Å². The van der Waals surface area contributed by atoms with Crippen molar-refractivity contribution in [3.63, 3.8) is 0 Å². The Morgan fingerprint density at radius 2 is 2.30 bits per heavy atom. The van der Waals surface area contributed by atoms with Crippen molar-refractivity contribution in [1.82, 2.24) is 0 Å². The van der Waals surface area contributed by atoms with Crippen molar-refractivity contribution < 1.29 is 13.9 Å². The number of nitrogens with one attached hydrogen (secondary N) is 1. The van der Waals surface area contributed by atoms with Gasteiger partial charge in [-0.25, -0.2) is 4.39 Å². The number of nitrogens with zero attached hydrogens (tertiary/aromatic N) is 1. The average Bonchev–Trinajstić information content (AvgIpc) is 2.89. The van der Waals surface area contributed by atoms with E-state index in [0.717, 1.165) is 31.6 Å². The molecule has 1 N–H and O–H groups in total. The second-order valence-electron chi connectivity index (χ2n) is 5.47. The fourth-order valence-electron chi connectivity index (χ4n) is 2.95. The third-order valence-electron chi connectivity index (χ3n) is 4.02. The molecule has 2 aliphatic heterocycles. The van der Waals surface area contributed by atoms with Gasteiger partial charge in [0.1, 0.15) is 11.9 Å². The monoisotopic (exact) mass is 276 g/mol. The molecule has 4 nitrogen and oxygen atoms in total. The molecule has 0 radical (unpaired) electrons. The van der Waals surface area contributed by atoms with Crippen molar-refractivity contribution in [2.45, 2.75) is 30.9 Å². The van der Waals surface area contributed by atoms with Crippen molar-refractivity contribution in [1.29, 1.82) is 5.26 Å². The summed E-state index contributed by atoms with van der Waals surface area (Å²) in [6, 6.07) is 6.68. The summed E-state index contributed by atoms with van der Waals surface area (Å²) in [4.78, 5) is 0. The highest BCUT2D eigenvalue weighted by atomic mass is 19.1. The maximum atomic E-state index is 13.3. The van der Waals surface area contributed by atoms with Crippen LogP contribution in [-0.2, 0) is 9.47 Å². The number of halogens is 1. The van der Waals surface area contributed by atoms with E-state index in [1.807, 2.05) is 6.07 Å². The van der Waals surface area contributed by atoms with E-state index in [-0.39, 0.29) is 17.2 Å². The van der Waals surface area contributed by atoms with Crippen LogP contribution in [0.25, 0.3) is 0 Å². The number of nitriles is 1. The minimum absolute atomic E-state index is 0.0703. The lowest BCUT2D eigenvalue weighted by molar-refractivity contribution is -0.0828. The minimum Gasteiger partial charge on any atom is -0.382 e. The highest BCUT2D eigenvalue weighted by Crippen LogP contribution is 2.34. The molecule has 1 spiro atoms. The molecule has 5 heteroatoms. The van der Waals surface area contributed by atoms with Crippen LogP contribution in [0.1, 0.15) is 24.8 Å². The first-order valence-corrected chi connectivity index (χ1v) is 6.89. The highest BCUT2D eigenvalue weighted by molar-refractivity contribution is 5.50. The van der Waals surface area contributed by atoms with Gasteiger partial charge in [-0.3, -0.25) is 0 Å². The molecule has 1 aromatic carbocycles. The van der Waals surface area contributed by atoms with Crippen LogP contribution in [0.15, 0.2) is 18.2 Å². The molecule has 20 heavy (non-hydrogen) atoms. The van der Waals surface area contributed by atoms with Crippen molar-refractivity contribution >= 4 is 5.69 Å². The van der Waals surface area contributed by atoms with Crippen LogP contribution in [0.3, 0.4) is 0 Å². The van der Waals surface area contributed by atoms with Crippen LogP contribution < -0.4 is 5.32 Å². The highest BCUT2D eigenvalue weighted by Gasteiger charge is 2.40. The van der Waals surface area contributed by atoms with Gasteiger partial charge in [0.15, 0.2) is 0 Å². The number of hydrogen-bond acceptors (Lipinski definition) is 4. The molecule has 1 aromatic rings. The normalized spacial score (nSPS) is 29.3. The molecule has 2 unspecified atom stereocenters. The van der Waals surface area contributed by atoms with Gasteiger partial charge in [0.25, 0.3) is 0 Å². The zero-order valence-corrected chi connectivity index (χ0v) is 11.2. The molecule has 2 aliphatic rings. The quantitative estimate of drug-likeness (QED) is 0.901. The second kappa shape index (κ2) is 5.39. The van der Waals surface area contributed by atoms with E-state index in [1.54, 1.807) is 12.1 Å². The third kappa shape index (κ3) is 2.62. The lowest BCUT2D eigenvalue weighted by Gasteiger charge is -2.37. The Bertz CT molecular complexity index is 535. The summed E-state index contributed by atoms with van der Waals surface area (Å²) in [6.45, 7) is 2.10. The fourth-order valence-corrected chi connectivity index (χ4v) is 2.95. The summed E-state index contributed by atoms with van der Waals surface area (Å²) in [6.07, 6.45) is 2.71. The first-order valence-electron chi connectivity index (χ1n) is 6.89. The summed E-state index contributed by atoms with van der Waals surface area (Å²) < 4.78 is 24.6. The van der Waals surface area contributed by atoms with Crippen LogP contribution in [0, 0.1) is 17.1 Å². The molecule has 0 amide bonds. The van der Waals surface area contributed by atoms with E-state index in [0.29, 0.717) is 13.2 Å². The van der Waals surface area contributed by atoms with Gasteiger partial charge in [-0.15, -0.1) is 0 Å². The fraction of sp³-hybridized carbons (Fsp3) is 0.533. The number of benzene rings is 1. The smallest absolute Gasteiger partial charge is 0.141 e. The molecule has 2 saturated heterocycles. The predicted molar refractivity (Wildman–Crippen MR) is 71.9 cm³/mol. The first-order chi connectivity index (χ1) is 9.71. The summed E-state index contributed by atoms with van der Waals surface area (Å²) >= 11 is 0. The topological polar surface area (TPSA) is 54.3 Å². The Labute approximate surface area is 117 Å². The third-order valence-corrected chi connectivity index (χ3v) is 4.02. The van der Waals surface area contributed by atoms with Gasteiger partial charge in [0.2, 0.25) is 0 Å². The van der Waals surface area contributed by atoms with Crippen molar-refractivity contribution in [2.75, 3.05) is 25.1 Å². The van der Waals surface area contributed by atoms with Crippen LogP contribution in [0.2, 0.25) is 0 Å². The van der Waals surface area contributed by atoms with Crippen molar-refractivity contribution in [3.05, 3.63) is 29.6 Å². The molecule has 106 valence electrons. The molecule has 2 atom stereocenters. The maximum Gasteiger partial charge on any atom is 0.141 e. The van der Waals surface area contributed by atoms with Gasteiger partial charge in [0, 0.05) is 31.4 Å². The molecule has 3 rings (SSSR count). The number of hydrogen-bond donors (Lipinski definition) is 1. The Morgan fingerprint density at radius 1 is 1.40 bits per heavy atom. The number of rotatable bonds is 2. The minimum atomic E-state index is -0.481. The second-order valence-corrected chi connectivity index (χ2v) is 5.47. The van der Waals surface area contributed by atoms with E-state index in [1.165, 1.54) is 6.07 Å². The van der Waals surface area contributed by atoms with Crippen molar-refractivity contribution in [3.8, 4) is 6.07 Å². The van der Waals surface area contributed by atoms with Crippen molar-refractivity contribution in [2.24, 2.45) is 0 Å². The number of ether oxygens (including phenoxy) is 2. The van der Waals surface area contributed by atoms with Gasteiger partial charge >= 0.3 is 0 Å². The molecule has 2 fully saturated rings. The van der Waals surface area contributed by atoms with Gasteiger partial charge in [-0.1, -0.05) is 0 Å². The van der Waals surface area contributed by atoms with E-state index >= 15 is 0 Å². The predicted octanol–water partition coefficient (Wildman–Crippen LogP) is 2.45. The Balaban J connectivity index is 1.70. The Morgan fingerprint density at radius 3 is 3.05 bits per heavy atom. The van der Waals surface area contributed by atoms with E-state index in [2.05, 4.69) is 5.32 Å². The number of anilines is 1. The van der Waals surface area contributed by atoms with E-state index in [9.17, 15) is 4.39 Å². The van der Waals surface area contributed by atoms with E-state index in [4.69, 9.17) is 14.7 Å².